The number of hydrogen-bond acceptors (Lipinski definition) is 2. The molecule has 1 aromatic heterocycles. The Morgan fingerprint density at radius 3 is 2.57 bits per heavy atom. The molecule has 0 saturated carbocycles. The van der Waals surface area contributed by atoms with Gasteiger partial charge in [0.25, 0.3) is 0 Å². The first kappa shape index (κ1) is 10.9. The lowest BCUT2D eigenvalue weighted by Crippen LogP contribution is -2.39. The smallest absolute Gasteiger partial charge is 0.320 e. The monoisotopic (exact) mass is 208 g/mol. The Balaban J connectivity index is 2.75. The zero-order valence-electron chi connectivity index (χ0n) is 7.05. The van der Waals surface area contributed by atoms with Gasteiger partial charge in [-0.15, -0.1) is 0 Å². The van der Waals surface area contributed by atoms with Crippen LogP contribution in [0.15, 0.2) is 18.3 Å². The van der Waals surface area contributed by atoms with E-state index in [-0.39, 0.29) is 5.69 Å². The second-order valence-corrected chi connectivity index (χ2v) is 2.78. The molecule has 0 radical (unpaired) electrons. The van der Waals surface area contributed by atoms with Crippen LogP contribution in [-0.4, -0.2) is 17.2 Å². The zero-order valence-corrected chi connectivity index (χ0v) is 7.05. The first-order valence-corrected chi connectivity index (χ1v) is 3.83. The molecule has 14 heavy (non-hydrogen) atoms. The first-order valence-electron chi connectivity index (χ1n) is 3.83. The summed E-state index contributed by atoms with van der Waals surface area (Å²) in [7, 11) is 0. The number of pyridine rings is 1. The van der Waals surface area contributed by atoms with Crippen molar-refractivity contribution < 1.29 is 17.6 Å². The van der Waals surface area contributed by atoms with E-state index in [0.717, 1.165) is 6.07 Å². The molecule has 1 aromatic rings. The fourth-order valence-corrected chi connectivity index (χ4v) is 0.893. The van der Waals surface area contributed by atoms with Crippen LogP contribution < -0.4 is 5.73 Å². The van der Waals surface area contributed by atoms with Crippen LogP contribution in [0.4, 0.5) is 17.6 Å². The summed E-state index contributed by atoms with van der Waals surface area (Å²) in [6.07, 6.45) is -3.94. The summed E-state index contributed by atoms with van der Waals surface area (Å²) in [5, 5.41) is 0. The lowest BCUT2D eigenvalue weighted by molar-refractivity contribution is -0.147. The van der Waals surface area contributed by atoms with Crippen molar-refractivity contribution in [2.24, 2.45) is 5.73 Å². The minimum absolute atomic E-state index is 0.266. The van der Waals surface area contributed by atoms with Crippen molar-refractivity contribution in [3.8, 4) is 0 Å². The van der Waals surface area contributed by atoms with Crippen LogP contribution >= 0.6 is 0 Å². The number of nitrogens with two attached hydrogens (primary N) is 1. The molecule has 0 bridgehead atoms. The second-order valence-electron chi connectivity index (χ2n) is 2.78. The molecule has 78 valence electrons. The lowest BCUT2D eigenvalue weighted by Gasteiger charge is -2.14. The fraction of sp³-hybridized carbons (Fsp3) is 0.375. The maximum absolute atomic E-state index is 12.9. The van der Waals surface area contributed by atoms with Gasteiger partial charge in [-0.2, -0.15) is 13.2 Å². The van der Waals surface area contributed by atoms with E-state index in [1.54, 1.807) is 0 Å². The Morgan fingerprint density at radius 1 is 1.43 bits per heavy atom. The van der Waals surface area contributed by atoms with E-state index in [0.29, 0.717) is 0 Å². The summed E-state index contributed by atoms with van der Waals surface area (Å²) in [5.74, 6) is -0.771. The van der Waals surface area contributed by atoms with E-state index in [4.69, 9.17) is 5.73 Å². The van der Waals surface area contributed by atoms with Crippen LogP contribution in [0.2, 0.25) is 0 Å². The van der Waals surface area contributed by atoms with Crippen molar-refractivity contribution in [2.45, 2.75) is 18.6 Å². The molecule has 2 nitrogen and oxygen atoms in total. The van der Waals surface area contributed by atoms with E-state index >= 15 is 0 Å². The summed E-state index contributed by atoms with van der Waals surface area (Å²) in [5.41, 5.74) is 4.55. The molecule has 6 heteroatoms. The summed E-state index contributed by atoms with van der Waals surface area (Å²) >= 11 is 0. The van der Waals surface area contributed by atoms with Gasteiger partial charge in [0.05, 0.1) is 5.69 Å². The van der Waals surface area contributed by atoms with Gasteiger partial charge in [-0.25, -0.2) is 4.39 Å². The number of hydrogen-bond donors (Lipinski definition) is 1. The third-order valence-electron chi connectivity index (χ3n) is 1.67. The third-order valence-corrected chi connectivity index (χ3v) is 1.67. The molecule has 0 saturated heterocycles. The number of nitrogens with zero attached hydrogens (tertiary/aromatic N) is 1. The van der Waals surface area contributed by atoms with E-state index < -0.39 is 24.5 Å². The van der Waals surface area contributed by atoms with Crippen molar-refractivity contribution >= 4 is 0 Å². The number of alkyl halides is 3. The highest BCUT2D eigenvalue weighted by Crippen LogP contribution is 2.21. The quantitative estimate of drug-likeness (QED) is 0.750. The van der Waals surface area contributed by atoms with Crippen molar-refractivity contribution in [2.75, 3.05) is 0 Å². The highest BCUT2D eigenvalue weighted by molar-refractivity contribution is 5.08. The van der Waals surface area contributed by atoms with Gasteiger partial charge in [-0.05, 0) is 12.1 Å². The molecule has 2 N–H and O–H groups in total. The maximum Gasteiger partial charge on any atom is 0.404 e. The van der Waals surface area contributed by atoms with Gasteiger partial charge < -0.3 is 5.73 Å². The molecule has 0 amide bonds. The average Bonchev–Trinajstić information content (AvgIpc) is 2.07. The van der Waals surface area contributed by atoms with Gasteiger partial charge >= 0.3 is 6.18 Å². The van der Waals surface area contributed by atoms with E-state index in [1.807, 2.05) is 0 Å². The van der Waals surface area contributed by atoms with E-state index in [2.05, 4.69) is 4.98 Å². The summed E-state index contributed by atoms with van der Waals surface area (Å²) in [6, 6.07) is 0.274. The summed E-state index contributed by atoms with van der Waals surface area (Å²) in [4.78, 5) is 3.48. The third kappa shape index (κ3) is 2.66. The molecule has 0 aliphatic carbocycles. The van der Waals surface area contributed by atoms with Crippen LogP contribution in [0, 0.1) is 5.82 Å². The Labute approximate surface area is 77.7 Å². The molecule has 0 aliphatic heterocycles. The van der Waals surface area contributed by atoms with Gasteiger partial charge in [-0.3, -0.25) is 4.98 Å². The Kier molecular flexibility index (Phi) is 3.05. The van der Waals surface area contributed by atoms with Gasteiger partial charge in [-0.1, -0.05) is 0 Å². The van der Waals surface area contributed by atoms with E-state index in [1.165, 1.54) is 12.3 Å². The minimum atomic E-state index is -4.52. The van der Waals surface area contributed by atoms with Crippen molar-refractivity contribution in [3.05, 3.63) is 29.8 Å². The van der Waals surface area contributed by atoms with Crippen LogP contribution in [0.5, 0.6) is 0 Å². The molecule has 1 rings (SSSR count). The molecule has 1 atom stereocenters. The lowest BCUT2D eigenvalue weighted by atomic mass is 10.1. The van der Waals surface area contributed by atoms with Gasteiger partial charge in [0.2, 0.25) is 0 Å². The number of rotatable bonds is 2. The highest BCUT2D eigenvalue weighted by atomic mass is 19.4. The van der Waals surface area contributed by atoms with Crippen LogP contribution in [0.3, 0.4) is 0 Å². The molecule has 1 heterocycles. The molecule has 0 aliphatic rings. The van der Waals surface area contributed by atoms with Crippen molar-refractivity contribution in [3.63, 3.8) is 0 Å². The second kappa shape index (κ2) is 3.91. The largest absolute Gasteiger partial charge is 0.404 e. The highest BCUT2D eigenvalue weighted by Gasteiger charge is 2.37. The number of halogens is 4. The molecular weight excluding hydrogens is 200 g/mol. The van der Waals surface area contributed by atoms with Gasteiger partial charge in [0.15, 0.2) is 0 Å². The molecular formula is C8H8F4N2. The van der Waals surface area contributed by atoms with Crippen molar-refractivity contribution in [1.29, 1.82) is 0 Å². The molecule has 0 aromatic carbocycles. The van der Waals surface area contributed by atoms with Gasteiger partial charge in [0.1, 0.15) is 11.9 Å². The predicted molar refractivity (Wildman–Crippen MR) is 41.9 cm³/mol. The fourth-order valence-electron chi connectivity index (χ4n) is 0.893. The summed E-state index contributed by atoms with van der Waals surface area (Å²) < 4.78 is 48.8. The molecule has 1 unspecified atom stereocenters. The standard InChI is InChI=1S/C8H8F4N2/c9-5-2-1-3-14-6(5)4-7(13)8(10,11)12/h1-3,7H,4,13H2. The Hall–Kier alpha value is -1.17. The van der Waals surface area contributed by atoms with Gasteiger partial charge in [0, 0.05) is 12.6 Å². The Bertz CT molecular complexity index is 310. The first-order chi connectivity index (χ1) is 6.41. The van der Waals surface area contributed by atoms with E-state index in [9.17, 15) is 17.6 Å². The number of aromatic nitrogens is 1. The normalized spacial score (nSPS) is 14.1. The summed E-state index contributed by atoms with van der Waals surface area (Å²) in [6.45, 7) is 0. The topological polar surface area (TPSA) is 38.9 Å². The SMILES string of the molecule is NC(Cc1ncccc1F)C(F)(F)F. The Morgan fingerprint density at radius 2 is 2.07 bits per heavy atom. The van der Waals surface area contributed by atoms with Crippen molar-refractivity contribution in [1.82, 2.24) is 4.98 Å². The minimum Gasteiger partial charge on any atom is -0.320 e. The van der Waals surface area contributed by atoms with Crippen LogP contribution in [0.1, 0.15) is 5.69 Å². The predicted octanol–water partition coefficient (Wildman–Crippen LogP) is 1.65. The average molecular weight is 208 g/mol. The van der Waals surface area contributed by atoms with Crippen LogP contribution in [0.25, 0.3) is 0 Å². The van der Waals surface area contributed by atoms with Crippen LogP contribution in [-0.2, 0) is 6.42 Å². The zero-order chi connectivity index (χ0) is 10.8. The molecule has 0 spiro atoms. The maximum atomic E-state index is 12.9. The molecule has 0 fully saturated rings.